The van der Waals surface area contributed by atoms with Gasteiger partial charge in [-0.1, -0.05) is 6.92 Å². The summed E-state index contributed by atoms with van der Waals surface area (Å²) in [5.74, 6) is 0. The molecule has 68 valence electrons. The zero-order valence-electron chi connectivity index (χ0n) is 7.80. The average molecular weight is 160 g/mol. The fraction of sp³-hybridized carbons (Fsp3) is 1.00. The van der Waals surface area contributed by atoms with Crippen molar-refractivity contribution in [1.29, 1.82) is 0 Å². The normalized spacial score (nSPS) is 13.9. The van der Waals surface area contributed by atoms with E-state index in [1.165, 1.54) is 0 Å². The van der Waals surface area contributed by atoms with Crippen LogP contribution in [0.15, 0.2) is 0 Å². The Balaban J connectivity index is 3.15. The summed E-state index contributed by atoms with van der Waals surface area (Å²) in [4.78, 5) is 2.12. The summed E-state index contributed by atoms with van der Waals surface area (Å²) in [7, 11) is 2.02. The maximum Gasteiger partial charge on any atom is 0.0638 e. The Labute approximate surface area is 69.4 Å². The van der Waals surface area contributed by atoms with Crippen molar-refractivity contribution in [2.45, 2.75) is 20.0 Å². The van der Waals surface area contributed by atoms with Crippen LogP contribution in [0.3, 0.4) is 0 Å². The number of hydrogen-bond acceptors (Lipinski definition) is 3. The van der Waals surface area contributed by atoms with E-state index in [-0.39, 0.29) is 6.10 Å². The van der Waals surface area contributed by atoms with Crippen molar-refractivity contribution in [3.8, 4) is 0 Å². The third-order valence-electron chi connectivity index (χ3n) is 1.50. The van der Waals surface area contributed by atoms with Crippen molar-refractivity contribution >= 4 is 0 Å². The molecule has 0 bridgehead atoms. The molecule has 3 nitrogen and oxygen atoms in total. The molecule has 0 aromatic rings. The van der Waals surface area contributed by atoms with Gasteiger partial charge in [-0.2, -0.15) is 0 Å². The highest BCUT2D eigenvalue weighted by Gasteiger charge is 2.00. The SMILES string of the molecule is CCNCCN(C)CC(C)O. The van der Waals surface area contributed by atoms with Crippen LogP contribution < -0.4 is 5.32 Å². The lowest BCUT2D eigenvalue weighted by Gasteiger charge is -2.17. The average Bonchev–Trinajstić information content (AvgIpc) is 1.86. The largest absolute Gasteiger partial charge is 0.392 e. The Hall–Kier alpha value is -0.120. The quantitative estimate of drug-likeness (QED) is 0.533. The van der Waals surface area contributed by atoms with Crippen LogP contribution in [0.1, 0.15) is 13.8 Å². The zero-order valence-corrected chi connectivity index (χ0v) is 7.80. The molecular weight excluding hydrogens is 140 g/mol. The molecule has 0 aromatic carbocycles. The number of aliphatic hydroxyl groups excluding tert-OH is 1. The molecular formula is C8H20N2O. The molecule has 0 saturated heterocycles. The van der Waals surface area contributed by atoms with Crippen LogP contribution in [0.4, 0.5) is 0 Å². The molecule has 0 spiro atoms. The molecule has 1 unspecified atom stereocenters. The molecule has 0 saturated carbocycles. The summed E-state index contributed by atoms with van der Waals surface area (Å²) in [5.41, 5.74) is 0. The minimum Gasteiger partial charge on any atom is -0.392 e. The van der Waals surface area contributed by atoms with Gasteiger partial charge in [0.15, 0.2) is 0 Å². The van der Waals surface area contributed by atoms with Gasteiger partial charge in [0.25, 0.3) is 0 Å². The summed E-state index contributed by atoms with van der Waals surface area (Å²) in [5, 5.41) is 12.2. The maximum absolute atomic E-state index is 9.02. The molecule has 0 radical (unpaired) electrons. The van der Waals surface area contributed by atoms with Crippen LogP contribution in [-0.2, 0) is 0 Å². The summed E-state index contributed by atoms with van der Waals surface area (Å²) in [6.45, 7) is 7.67. The van der Waals surface area contributed by atoms with Crippen molar-refractivity contribution < 1.29 is 5.11 Å². The lowest BCUT2D eigenvalue weighted by atomic mass is 10.4. The summed E-state index contributed by atoms with van der Waals surface area (Å²) >= 11 is 0. The highest BCUT2D eigenvalue weighted by Crippen LogP contribution is 1.85. The number of nitrogens with one attached hydrogen (secondary N) is 1. The van der Waals surface area contributed by atoms with E-state index in [4.69, 9.17) is 5.11 Å². The van der Waals surface area contributed by atoms with Gasteiger partial charge in [0.05, 0.1) is 6.10 Å². The van der Waals surface area contributed by atoms with E-state index in [1.54, 1.807) is 0 Å². The van der Waals surface area contributed by atoms with Crippen LogP contribution >= 0.6 is 0 Å². The topological polar surface area (TPSA) is 35.5 Å². The standard InChI is InChI=1S/C8H20N2O/c1-4-9-5-6-10(3)7-8(2)11/h8-9,11H,4-7H2,1-3H3. The lowest BCUT2D eigenvalue weighted by Crippen LogP contribution is -2.33. The smallest absolute Gasteiger partial charge is 0.0638 e. The third-order valence-corrected chi connectivity index (χ3v) is 1.50. The molecule has 0 aliphatic rings. The van der Waals surface area contributed by atoms with Crippen LogP contribution in [0.25, 0.3) is 0 Å². The number of likely N-dealkylation sites (N-methyl/N-ethyl adjacent to an activating group) is 2. The third kappa shape index (κ3) is 7.78. The number of nitrogens with zero attached hydrogens (tertiary/aromatic N) is 1. The predicted octanol–water partition coefficient (Wildman–Crippen LogP) is -0.0915. The van der Waals surface area contributed by atoms with Gasteiger partial charge in [0, 0.05) is 19.6 Å². The molecule has 0 rings (SSSR count). The molecule has 1 atom stereocenters. The van der Waals surface area contributed by atoms with E-state index in [1.807, 2.05) is 14.0 Å². The first-order valence-electron chi connectivity index (χ1n) is 4.24. The van der Waals surface area contributed by atoms with Gasteiger partial charge < -0.3 is 15.3 Å². The van der Waals surface area contributed by atoms with Crippen LogP contribution in [0, 0.1) is 0 Å². The van der Waals surface area contributed by atoms with Gasteiger partial charge in [0.1, 0.15) is 0 Å². The lowest BCUT2D eigenvalue weighted by molar-refractivity contribution is 0.142. The Morgan fingerprint density at radius 2 is 2.18 bits per heavy atom. The second kappa shape index (κ2) is 6.58. The van der Waals surface area contributed by atoms with E-state index < -0.39 is 0 Å². The van der Waals surface area contributed by atoms with Crippen molar-refractivity contribution in [2.75, 3.05) is 33.2 Å². The van der Waals surface area contributed by atoms with Crippen LogP contribution in [0.2, 0.25) is 0 Å². The summed E-state index contributed by atoms with van der Waals surface area (Å²) < 4.78 is 0. The molecule has 0 fully saturated rings. The van der Waals surface area contributed by atoms with Gasteiger partial charge >= 0.3 is 0 Å². The first-order valence-corrected chi connectivity index (χ1v) is 4.24. The van der Waals surface area contributed by atoms with E-state index in [9.17, 15) is 0 Å². The monoisotopic (exact) mass is 160 g/mol. The Morgan fingerprint density at radius 3 is 2.64 bits per heavy atom. The fourth-order valence-electron chi connectivity index (χ4n) is 0.989. The summed E-state index contributed by atoms with van der Waals surface area (Å²) in [6, 6.07) is 0. The minimum atomic E-state index is -0.221. The van der Waals surface area contributed by atoms with E-state index in [0.29, 0.717) is 0 Å². The Bertz CT molecular complexity index is 86.2. The van der Waals surface area contributed by atoms with Gasteiger partial charge in [-0.3, -0.25) is 0 Å². The molecule has 11 heavy (non-hydrogen) atoms. The summed E-state index contributed by atoms with van der Waals surface area (Å²) in [6.07, 6.45) is -0.221. The number of rotatable bonds is 6. The highest BCUT2D eigenvalue weighted by molar-refractivity contribution is 4.57. The second-order valence-corrected chi connectivity index (χ2v) is 2.96. The maximum atomic E-state index is 9.02. The first-order chi connectivity index (χ1) is 5.16. The molecule has 0 aliphatic heterocycles. The molecule has 0 aliphatic carbocycles. The zero-order chi connectivity index (χ0) is 8.69. The van der Waals surface area contributed by atoms with Crippen LogP contribution in [-0.4, -0.2) is 49.3 Å². The van der Waals surface area contributed by atoms with Gasteiger partial charge in [-0.25, -0.2) is 0 Å². The number of hydrogen-bond donors (Lipinski definition) is 2. The van der Waals surface area contributed by atoms with Gasteiger partial charge in [-0.15, -0.1) is 0 Å². The Morgan fingerprint density at radius 1 is 1.55 bits per heavy atom. The van der Waals surface area contributed by atoms with Crippen molar-refractivity contribution in [3.05, 3.63) is 0 Å². The highest BCUT2D eigenvalue weighted by atomic mass is 16.3. The van der Waals surface area contributed by atoms with Crippen molar-refractivity contribution in [2.24, 2.45) is 0 Å². The van der Waals surface area contributed by atoms with Crippen LogP contribution in [0.5, 0.6) is 0 Å². The Kier molecular flexibility index (Phi) is 6.51. The van der Waals surface area contributed by atoms with Gasteiger partial charge in [0.2, 0.25) is 0 Å². The minimum absolute atomic E-state index is 0.221. The van der Waals surface area contributed by atoms with E-state index in [0.717, 1.165) is 26.2 Å². The van der Waals surface area contributed by atoms with E-state index in [2.05, 4.69) is 17.1 Å². The predicted molar refractivity (Wildman–Crippen MR) is 47.7 cm³/mol. The van der Waals surface area contributed by atoms with Crippen molar-refractivity contribution in [3.63, 3.8) is 0 Å². The fourth-order valence-corrected chi connectivity index (χ4v) is 0.989. The van der Waals surface area contributed by atoms with E-state index >= 15 is 0 Å². The number of aliphatic hydroxyl groups is 1. The first kappa shape index (κ1) is 10.9. The molecule has 0 heterocycles. The van der Waals surface area contributed by atoms with Crippen molar-refractivity contribution in [1.82, 2.24) is 10.2 Å². The van der Waals surface area contributed by atoms with Gasteiger partial charge in [-0.05, 0) is 20.5 Å². The second-order valence-electron chi connectivity index (χ2n) is 2.96. The molecule has 0 aromatic heterocycles. The molecule has 3 heteroatoms. The molecule has 2 N–H and O–H groups in total. The molecule has 0 amide bonds.